The van der Waals surface area contributed by atoms with Gasteiger partial charge in [0.05, 0.1) is 17.0 Å². The highest BCUT2D eigenvalue weighted by atomic mass is 16.2. The van der Waals surface area contributed by atoms with Gasteiger partial charge in [0.2, 0.25) is 5.91 Å². The predicted octanol–water partition coefficient (Wildman–Crippen LogP) is 0.429. The number of para-hydroxylation sites is 2. The number of fused-ring (bicyclic) bond motifs is 1. The molecule has 0 spiro atoms. The quantitative estimate of drug-likeness (QED) is 0.719. The van der Waals surface area contributed by atoms with E-state index in [0.717, 1.165) is 16.9 Å². The molecule has 3 heterocycles. The molecule has 1 amide bonds. The van der Waals surface area contributed by atoms with E-state index >= 15 is 0 Å². The number of aromatic amines is 2. The minimum Gasteiger partial charge on any atom is -0.342 e. The molecule has 4 rings (SSSR count). The Balaban J connectivity index is 1.34. The van der Waals surface area contributed by atoms with E-state index in [4.69, 9.17) is 0 Å². The van der Waals surface area contributed by atoms with Crippen LogP contribution in [0.2, 0.25) is 0 Å². The molecule has 0 unspecified atom stereocenters. The molecular formula is C17H17N5O3. The zero-order chi connectivity index (χ0) is 17.4. The van der Waals surface area contributed by atoms with Gasteiger partial charge in [0.25, 0.3) is 5.56 Å². The van der Waals surface area contributed by atoms with Crippen molar-refractivity contribution < 1.29 is 4.79 Å². The summed E-state index contributed by atoms with van der Waals surface area (Å²) in [4.78, 5) is 46.7. The molecule has 1 fully saturated rings. The van der Waals surface area contributed by atoms with E-state index in [-0.39, 0.29) is 24.8 Å². The number of H-pyrrole nitrogens is 2. The summed E-state index contributed by atoms with van der Waals surface area (Å²) in [5.74, 6) is 1.11. The average molecular weight is 339 g/mol. The molecule has 0 radical (unpaired) electrons. The lowest BCUT2D eigenvalue weighted by Crippen LogP contribution is -2.49. The number of likely N-dealkylation sites (tertiary alicyclic amines) is 1. The largest absolute Gasteiger partial charge is 0.342 e. The molecule has 0 atom stereocenters. The van der Waals surface area contributed by atoms with Gasteiger partial charge in [-0.2, -0.15) is 0 Å². The van der Waals surface area contributed by atoms with Crippen molar-refractivity contribution in [2.24, 2.45) is 0 Å². The fourth-order valence-electron chi connectivity index (χ4n) is 3.02. The maximum atomic E-state index is 12.2. The first-order valence-corrected chi connectivity index (χ1v) is 8.12. The maximum Gasteiger partial charge on any atom is 0.328 e. The number of benzene rings is 1. The summed E-state index contributed by atoms with van der Waals surface area (Å²) in [6, 6.07) is 9.11. The molecule has 1 aromatic carbocycles. The molecular weight excluding hydrogens is 322 g/mol. The molecule has 0 aliphatic carbocycles. The Kier molecular flexibility index (Phi) is 3.72. The van der Waals surface area contributed by atoms with Crippen molar-refractivity contribution >= 4 is 16.9 Å². The molecule has 3 aromatic rings. The molecule has 2 aromatic heterocycles. The van der Waals surface area contributed by atoms with Crippen molar-refractivity contribution in [2.45, 2.75) is 18.9 Å². The second-order valence-corrected chi connectivity index (χ2v) is 6.19. The van der Waals surface area contributed by atoms with E-state index in [1.165, 1.54) is 16.8 Å². The maximum absolute atomic E-state index is 12.2. The van der Waals surface area contributed by atoms with E-state index in [1.807, 2.05) is 24.3 Å². The summed E-state index contributed by atoms with van der Waals surface area (Å²) in [5.41, 5.74) is 0.993. The van der Waals surface area contributed by atoms with Gasteiger partial charge in [-0.25, -0.2) is 9.78 Å². The van der Waals surface area contributed by atoms with Gasteiger partial charge < -0.3 is 14.5 Å². The monoisotopic (exact) mass is 339 g/mol. The summed E-state index contributed by atoms with van der Waals surface area (Å²) in [6.07, 6.45) is 1.63. The first-order chi connectivity index (χ1) is 12.1. The summed E-state index contributed by atoms with van der Waals surface area (Å²) in [6.45, 7) is 1.50. The summed E-state index contributed by atoms with van der Waals surface area (Å²) >= 11 is 0. The number of nitrogens with one attached hydrogen (secondary N) is 2. The van der Waals surface area contributed by atoms with Crippen molar-refractivity contribution in [2.75, 3.05) is 13.1 Å². The lowest BCUT2D eigenvalue weighted by molar-refractivity contribution is -0.136. The topological polar surface area (TPSA) is 104 Å². The number of nitrogens with zero attached hydrogens (tertiary/aromatic N) is 3. The van der Waals surface area contributed by atoms with Crippen molar-refractivity contribution in [3.8, 4) is 0 Å². The minimum atomic E-state index is -0.496. The number of hydrogen-bond acceptors (Lipinski definition) is 4. The molecule has 1 aliphatic rings. The van der Waals surface area contributed by atoms with Crippen LogP contribution in [-0.4, -0.2) is 43.4 Å². The number of aryl methyl sites for hydroxylation is 1. The number of carbonyl (C=O) groups excluding carboxylic acids is 1. The summed E-state index contributed by atoms with van der Waals surface area (Å²) in [5, 5.41) is 0. The fraction of sp³-hybridized carbons (Fsp3) is 0.294. The first-order valence-electron chi connectivity index (χ1n) is 8.12. The van der Waals surface area contributed by atoms with Crippen LogP contribution in [0.5, 0.6) is 0 Å². The van der Waals surface area contributed by atoms with Gasteiger partial charge in [-0.3, -0.25) is 14.6 Å². The predicted molar refractivity (Wildman–Crippen MR) is 91.4 cm³/mol. The van der Waals surface area contributed by atoms with Crippen LogP contribution in [0.1, 0.15) is 18.2 Å². The second kappa shape index (κ2) is 6.04. The Morgan fingerprint density at radius 3 is 2.72 bits per heavy atom. The highest BCUT2D eigenvalue weighted by molar-refractivity contribution is 5.78. The van der Waals surface area contributed by atoms with Gasteiger partial charge >= 0.3 is 5.69 Å². The van der Waals surface area contributed by atoms with Crippen molar-refractivity contribution in [1.29, 1.82) is 0 Å². The highest BCUT2D eigenvalue weighted by Gasteiger charge is 2.33. The van der Waals surface area contributed by atoms with Crippen molar-refractivity contribution in [3.63, 3.8) is 0 Å². The molecule has 25 heavy (non-hydrogen) atoms. The van der Waals surface area contributed by atoms with Crippen LogP contribution < -0.4 is 11.2 Å². The standard InChI is InChI=1S/C17H17N5O3/c23-14-5-7-21(17(25)20-14)8-6-15(24)22-9-11(10-22)16-18-12-3-1-2-4-13(12)19-16/h1-5,7,11H,6,8-10H2,(H,18,19)(H,20,23,25). The zero-order valence-corrected chi connectivity index (χ0v) is 13.4. The molecule has 1 saturated heterocycles. The van der Waals surface area contributed by atoms with E-state index in [0.29, 0.717) is 13.1 Å². The van der Waals surface area contributed by atoms with Crippen LogP contribution in [0, 0.1) is 0 Å². The zero-order valence-electron chi connectivity index (χ0n) is 13.4. The smallest absolute Gasteiger partial charge is 0.328 e. The Bertz CT molecular complexity index is 1010. The second-order valence-electron chi connectivity index (χ2n) is 6.19. The Morgan fingerprint density at radius 2 is 1.96 bits per heavy atom. The van der Waals surface area contributed by atoms with Gasteiger partial charge in [-0.1, -0.05) is 12.1 Å². The molecule has 8 nitrogen and oxygen atoms in total. The van der Waals surface area contributed by atoms with Crippen LogP contribution in [0.25, 0.3) is 11.0 Å². The molecule has 1 aliphatic heterocycles. The third-order valence-electron chi connectivity index (χ3n) is 4.49. The van der Waals surface area contributed by atoms with E-state index in [9.17, 15) is 14.4 Å². The SMILES string of the molecule is O=C(CCn1ccc(=O)[nH]c1=O)N1CC(c2nc3ccccc3[nH]2)C1. The minimum absolute atomic E-state index is 0.00883. The van der Waals surface area contributed by atoms with Gasteiger partial charge in [-0.15, -0.1) is 0 Å². The highest BCUT2D eigenvalue weighted by Crippen LogP contribution is 2.27. The Hall–Kier alpha value is -3.16. The van der Waals surface area contributed by atoms with E-state index < -0.39 is 11.2 Å². The number of amides is 1. The average Bonchev–Trinajstić information content (AvgIpc) is 2.96. The van der Waals surface area contributed by atoms with Crippen LogP contribution >= 0.6 is 0 Å². The molecule has 2 N–H and O–H groups in total. The van der Waals surface area contributed by atoms with Gasteiger partial charge in [0.1, 0.15) is 5.82 Å². The number of aromatic nitrogens is 4. The van der Waals surface area contributed by atoms with Gasteiger partial charge in [0, 0.05) is 38.3 Å². The van der Waals surface area contributed by atoms with E-state index in [1.54, 1.807) is 4.90 Å². The lowest BCUT2D eigenvalue weighted by Gasteiger charge is -2.38. The Morgan fingerprint density at radius 1 is 1.16 bits per heavy atom. The van der Waals surface area contributed by atoms with Crippen molar-refractivity contribution in [3.05, 3.63) is 63.2 Å². The van der Waals surface area contributed by atoms with Crippen LogP contribution in [0.15, 0.2) is 46.1 Å². The third kappa shape index (κ3) is 2.98. The van der Waals surface area contributed by atoms with Crippen LogP contribution in [-0.2, 0) is 11.3 Å². The molecule has 8 heteroatoms. The summed E-state index contributed by atoms with van der Waals surface area (Å²) < 4.78 is 1.33. The first kappa shape index (κ1) is 15.4. The molecule has 128 valence electrons. The Labute approximate surface area is 142 Å². The van der Waals surface area contributed by atoms with Gasteiger partial charge in [0.15, 0.2) is 0 Å². The normalized spacial score (nSPS) is 14.6. The number of hydrogen-bond donors (Lipinski definition) is 2. The van der Waals surface area contributed by atoms with Crippen LogP contribution in [0.4, 0.5) is 0 Å². The van der Waals surface area contributed by atoms with Crippen molar-refractivity contribution in [1.82, 2.24) is 24.4 Å². The molecule has 0 bridgehead atoms. The molecule has 0 saturated carbocycles. The fourth-order valence-corrected chi connectivity index (χ4v) is 3.02. The number of imidazole rings is 1. The third-order valence-corrected chi connectivity index (χ3v) is 4.49. The number of carbonyl (C=O) groups is 1. The summed E-state index contributed by atoms with van der Waals surface area (Å²) in [7, 11) is 0. The van der Waals surface area contributed by atoms with Gasteiger partial charge in [-0.05, 0) is 12.1 Å². The lowest BCUT2D eigenvalue weighted by atomic mass is 9.99. The van der Waals surface area contributed by atoms with E-state index in [2.05, 4.69) is 15.0 Å². The number of rotatable bonds is 4. The van der Waals surface area contributed by atoms with Crippen LogP contribution in [0.3, 0.4) is 0 Å².